The number of nitrogens with zero attached hydrogens (tertiary/aromatic N) is 1. The van der Waals surface area contributed by atoms with Crippen molar-refractivity contribution in [3.05, 3.63) is 29.3 Å². The summed E-state index contributed by atoms with van der Waals surface area (Å²) in [7, 11) is 0. The van der Waals surface area contributed by atoms with E-state index in [-0.39, 0.29) is 17.4 Å². The number of hydrogen-bond acceptors (Lipinski definition) is 2. The lowest BCUT2D eigenvalue weighted by atomic mass is 9.91. The van der Waals surface area contributed by atoms with Crippen molar-refractivity contribution in [1.29, 1.82) is 0 Å². The number of hydrogen-bond donors (Lipinski definition) is 1. The van der Waals surface area contributed by atoms with Gasteiger partial charge in [-0.25, -0.2) is 9.18 Å². The van der Waals surface area contributed by atoms with Gasteiger partial charge in [-0.2, -0.15) is 0 Å². The second-order valence-corrected chi connectivity index (χ2v) is 4.59. The number of carbonyl (C=O) groups excluding carboxylic acids is 1. The maximum Gasteiger partial charge on any atom is 0.335 e. The Morgan fingerprint density at radius 3 is 2.67 bits per heavy atom. The molecule has 0 bridgehead atoms. The first-order chi connectivity index (χ1) is 8.41. The van der Waals surface area contributed by atoms with Crippen LogP contribution in [0.25, 0.3) is 0 Å². The van der Waals surface area contributed by atoms with Gasteiger partial charge in [0.15, 0.2) is 6.30 Å². The molecule has 4 nitrogen and oxygen atoms in total. The fraction of sp³-hybridized carbons (Fsp3) is 0.385. The zero-order valence-corrected chi connectivity index (χ0v) is 10.2. The quantitative estimate of drug-likeness (QED) is 0.778. The normalized spacial score (nSPS) is 22.5. The fourth-order valence-electron chi connectivity index (χ4n) is 2.29. The molecule has 96 valence electrons. The van der Waals surface area contributed by atoms with E-state index >= 15 is 0 Å². The van der Waals surface area contributed by atoms with Crippen LogP contribution in [0.3, 0.4) is 0 Å². The summed E-state index contributed by atoms with van der Waals surface area (Å²) in [4.78, 5) is 23.5. The topological polar surface area (TPSA) is 57.6 Å². The van der Waals surface area contributed by atoms with Crippen LogP contribution in [0, 0.1) is 5.92 Å². The summed E-state index contributed by atoms with van der Waals surface area (Å²) >= 11 is 0. The predicted molar refractivity (Wildman–Crippen MR) is 64.3 cm³/mol. The first-order valence-electron chi connectivity index (χ1n) is 5.72. The Morgan fingerprint density at radius 1 is 1.44 bits per heavy atom. The maximum atomic E-state index is 14.0. The Hall–Kier alpha value is -1.91. The molecule has 18 heavy (non-hydrogen) atoms. The van der Waals surface area contributed by atoms with Gasteiger partial charge in [-0.15, -0.1) is 0 Å². The summed E-state index contributed by atoms with van der Waals surface area (Å²) in [6.07, 6.45) is -0.924. The average molecular weight is 251 g/mol. The van der Waals surface area contributed by atoms with Gasteiger partial charge < -0.3 is 5.11 Å². The number of benzene rings is 1. The van der Waals surface area contributed by atoms with E-state index in [1.807, 2.05) is 0 Å². The number of carboxylic acid groups (broad SMARTS) is 1. The molecule has 1 aliphatic heterocycles. The number of amides is 1. The van der Waals surface area contributed by atoms with Crippen molar-refractivity contribution in [1.82, 2.24) is 0 Å². The summed E-state index contributed by atoms with van der Waals surface area (Å²) in [5, 5.41) is 8.92. The molecule has 1 N–H and O–H groups in total. The molecule has 5 heteroatoms. The molecule has 1 aromatic rings. The van der Waals surface area contributed by atoms with Gasteiger partial charge in [-0.1, -0.05) is 6.92 Å². The first kappa shape index (κ1) is 12.5. The molecular weight excluding hydrogens is 237 g/mol. The summed E-state index contributed by atoms with van der Waals surface area (Å²) in [5.41, 5.74) is 1.33. The van der Waals surface area contributed by atoms with Crippen molar-refractivity contribution in [3.8, 4) is 0 Å². The second-order valence-electron chi connectivity index (χ2n) is 4.59. The summed E-state index contributed by atoms with van der Waals surface area (Å²) in [5.74, 6) is -1.74. The van der Waals surface area contributed by atoms with E-state index in [1.165, 1.54) is 25.1 Å². The Balaban J connectivity index is 2.52. The van der Waals surface area contributed by atoms with E-state index in [0.29, 0.717) is 17.7 Å². The molecule has 1 aromatic carbocycles. The van der Waals surface area contributed by atoms with E-state index < -0.39 is 12.3 Å². The Morgan fingerprint density at radius 2 is 2.11 bits per heavy atom. The molecule has 0 fully saturated rings. The number of alkyl halides is 1. The third-order valence-electron chi connectivity index (χ3n) is 3.18. The van der Waals surface area contributed by atoms with Crippen molar-refractivity contribution >= 4 is 17.6 Å². The van der Waals surface area contributed by atoms with Gasteiger partial charge in [0.25, 0.3) is 0 Å². The number of fused-ring (bicyclic) bond motifs is 1. The van der Waals surface area contributed by atoms with Crippen LogP contribution < -0.4 is 4.90 Å². The molecule has 2 rings (SSSR count). The predicted octanol–water partition coefficient (Wildman–Crippen LogP) is 2.23. The fourth-order valence-corrected chi connectivity index (χ4v) is 2.29. The molecule has 0 unspecified atom stereocenters. The minimum atomic E-state index is -1.36. The highest BCUT2D eigenvalue weighted by Crippen LogP contribution is 2.35. The minimum Gasteiger partial charge on any atom is -0.478 e. The Labute approximate surface area is 104 Å². The van der Waals surface area contributed by atoms with Crippen LogP contribution in [-0.4, -0.2) is 23.3 Å². The smallest absolute Gasteiger partial charge is 0.335 e. The number of anilines is 1. The number of halogens is 1. The molecule has 0 aliphatic carbocycles. The van der Waals surface area contributed by atoms with Gasteiger partial charge in [-0.3, -0.25) is 9.69 Å². The highest BCUT2D eigenvalue weighted by atomic mass is 19.1. The van der Waals surface area contributed by atoms with Gasteiger partial charge in [-0.05, 0) is 30.2 Å². The SMILES string of the molecule is CC(=O)N1c2ccc(C(=O)O)cc2C[C@@H](C)[C@@H]1F. The largest absolute Gasteiger partial charge is 0.478 e. The van der Waals surface area contributed by atoms with Gasteiger partial charge in [0.1, 0.15) is 0 Å². The molecule has 0 aromatic heterocycles. The van der Waals surface area contributed by atoms with Crippen molar-refractivity contribution < 1.29 is 19.1 Å². The Kier molecular flexibility index (Phi) is 3.07. The van der Waals surface area contributed by atoms with Gasteiger partial charge in [0, 0.05) is 18.5 Å². The van der Waals surface area contributed by atoms with E-state index in [0.717, 1.165) is 4.90 Å². The zero-order chi connectivity index (χ0) is 13.4. The van der Waals surface area contributed by atoms with E-state index in [2.05, 4.69) is 0 Å². The van der Waals surface area contributed by atoms with Crippen LogP contribution in [0.4, 0.5) is 10.1 Å². The van der Waals surface area contributed by atoms with Crippen LogP contribution in [-0.2, 0) is 11.2 Å². The molecule has 2 atom stereocenters. The number of carboxylic acids is 1. The van der Waals surface area contributed by atoms with Crippen LogP contribution in [0.5, 0.6) is 0 Å². The number of rotatable bonds is 1. The summed E-state index contributed by atoms with van der Waals surface area (Å²) in [6.45, 7) is 3.01. The highest BCUT2D eigenvalue weighted by molar-refractivity contribution is 5.95. The van der Waals surface area contributed by atoms with Gasteiger partial charge >= 0.3 is 5.97 Å². The molecule has 1 aliphatic rings. The lowest BCUT2D eigenvalue weighted by Crippen LogP contribution is -2.44. The van der Waals surface area contributed by atoms with Gasteiger partial charge in [0.2, 0.25) is 5.91 Å². The summed E-state index contributed by atoms with van der Waals surface area (Å²) < 4.78 is 14.0. The molecule has 0 radical (unpaired) electrons. The van der Waals surface area contributed by atoms with Crippen LogP contribution >= 0.6 is 0 Å². The van der Waals surface area contributed by atoms with Crippen molar-refractivity contribution in [3.63, 3.8) is 0 Å². The third-order valence-corrected chi connectivity index (χ3v) is 3.18. The van der Waals surface area contributed by atoms with Crippen LogP contribution in [0.1, 0.15) is 29.8 Å². The molecule has 0 saturated carbocycles. The molecule has 1 heterocycles. The standard InChI is InChI=1S/C13H14FNO3/c1-7-5-10-6-9(13(17)18)3-4-11(10)15(8(2)16)12(7)14/h3-4,6-7,12H,5H2,1-2H3,(H,17,18)/t7-,12-/m1/s1. The number of carbonyl (C=O) groups is 2. The molecular formula is C13H14FNO3. The third kappa shape index (κ3) is 1.96. The second kappa shape index (κ2) is 4.40. The lowest BCUT2D eigenvalue weighted by Gasteiger charge is -2.36. The summed E-state index contributed by atoms with van der Waals surface area (Å²) in [6, 6.07) is 4.40. The van der Waals surface area contributed by atoms with Crippen LogP contribution in [0.15, 0.2) is 18.2 Å². The Bertz CT molecular complexity index is 515. The minimum absolute atomic E-state index is 0.154. The molecule has 0 saturated heterocycles. The van der Waals surface area contributed by atoms with E-state index in [1.54, 1.807) is 6.92 Å². The number of aromatic carboxylic acids is 1. The molecule has 0 spiro atoms. The van der Waals surface area contributed by atoms with E-state index in [9.17, 15) is 14.0 Å². The van der Waals surface area contributed by atoms with Crippen LogP contribution in [0.2, 0.25) is 0 Å². The lowest BCUT2D eigenvalue weighted by molar-refractivity contribution is -0.118. The highest BCUT2D eigenvalue weighted by Gasteiger charge is 2.34. The zero-order valence-electron chi connectivity index (χ0n) is 10.2. The maximum absolute atomic E-state index is 14.0. The first-order valence-corrected chi connectivity index (χ1v) is 5.72. The average Bonchev–Trinajstić information content (AvgIpc) is 2.29. The van der Waals surface area contributed by atoms with Crippen molar-refractivity contribution in [2.45, 2.75) is 26.6 Å². The monoisotopic (exact) mass is 251 g/mol. The van der Waals surface area contributed by atoms with E-state index in [4.69, 9.17) is 5.11 Å². The van der Waals surface area contributed by atoms with Gasteiger partial charge in [0.05, 0.1) is 5.56 Å². The molecule has 1 amide bonds. The van der Waals surface area contributed by atoms with Crippen molar-refractivity contribution in [2.24, 2.45) is 5.92 Å². The van der Waals surface area contributed by atoms with Crippen molar-refractivity contribution in [2.75, 3.05) is 4.90 Å².